The van der Waals surface area contributed by atoms with Crippen LogP contribution in [0.5, 0.6) is 0 Å². The zero-order valence-electron chi connectivity index (χ0n) is 13.8. The van der Waals surface area contributed by atoms with Gasteiger partial charge < -0.3 is 0 Å². The molecule has 0 aromatic heterocycles. The zero-order valence-corrected chi connectivity index (χ0v) is 22.4. The molecular formula is C19H28I4. The lowest BCUT2D eigenvalue weighted by atomic mass is 9.45. The van der Waals surface area contributed by atoms with E-state index in [0.717, 1.165) is 31.5 Å². The van der Waals surface area contributed by atoms with E-state index in [2.05, 4.69) is 90.4 Å². The minimum absolute atomic E-state index is 0.664. The van der Waals surface area contributed by atoms with Crippen molar-refractivity contribution in [3.05, 3.63) is 0 Å². The topological polar surface area (TPSA) is 0 Å². The zero-order chi connectivity index (χ0) is 16.2. The van der Waals surface area contributed by atoms with Gasteiger partial charge in [-0.2, -0.15) is 0 Å². The van der Waals surface area contributed by atoms with Crippen LogP contribution >= 0.6 is 90.4 Å². The number of alkyl halides is 4. The fraction of sp³-hybridized carbons (Fsp3) is 1.00. The molecule has 5 aliphatic rings. The average molecular weight is 764 g/mol. The van der Waals surface area contributed by atoms with E-state index in [1.165, 1.54) is 28.1 Å². The Kier molecular flexibility index (Phi) is 6.19. The maximum atomic E-state index is 2.95. The van der Waals surface area contributed by atoms with Crippen LogP contribution in [0, 0.1) is 34.5 Å². The maximum absolute atomic E-state index is 2.95. The first-order chi connectivity index (χ1) is 11.1. The Bertz CT molecular complexity index is 431. The van der Waals surface area contributed by atoms with Crippen LogP contribution in [0.25, 0.3) is 0 Å². The Labute approximate surface area is 196 Å². The summed E-state index contributed by atoms with van der Waals surface area (Å²) in [6.07, 6.45) is 13.9. The highest BCUT2D eigenvalue weighted by Crippen LogP contribution is 2.68. The van der Waals surface area contributed by atoms with Gasteiger partial charge in [-0.15, -0.1) is 0 Å². The molecule has 0 heterocycles. The molecule has 0 nitrogen and oxygen atoms in total. The molecule has 0 aromatic rings. The van der Waals surface area contributed by atoms with Crippen molar-refractivity contribution in [2.75, 3.05) is 8.86 Å². The van der Waals surface area contributed by atoms with Crippen LogP contribution in [-0.2, 0) is 0 Å². The van der Waals surface area contributed by atoms with Gasteiger partial charge >= 0.3 is 0 Å². The molecule has 0 aliphatic heterocycles. The molecule has 0 amide bonds. The Morgan fingerprint density at radius 3 is 1.87 bits per heavy atom. The second-order valence-electron chi connectivity index (χ2n) is 8.90. The summed E-state index contributed by atoms with van der Waals surface area (Å²) in [5.74, 6) is 4.22. The summed E-state index contributed by atoms with van der Waals surface area (Å²) >= 11 is 11.4. The van der Waals surface area contributed by atoms with E-state index < -0.39 is 0 Å². The molecule has 5 rings (SSSR count). The van der Waals surface area contributed by atoms with Gasteiger partial charge in [0.1, 0.15) is 0 Å². The van der Waals surface area contributed by atoms with Crippen LogP contribution in [0.3, 0.4) is 0 Å². The monoisotopic (exact) mass is 764 g/mol. The van der Waals surface area contributed by atoms with Gasteiger partial charge in [0.15, 0.2) is 0 Å². The van der Waals surface area contributed by atoms with Crippen LogP contribution < -0.4 is 0 Å². The van der Waals surface area contributed by atoms with Crippen LogP contribution in [0.1, 0.15) is 57.8 Å². The van der Waals surface area contributed by atoms with E-state index in [1.54, 1.807) is 38.5 Å². The van der Waals surface area contributed by atoms with Crippen LogP contribution in [0.4, 0.5) is 0 Å². The molecule has 5 atom stereocenters. The SMILES string of the molecule is ICC1(C(I)C(I)C2(CI)C3CCCC2C3)CC2CCC1CC2. The summed E-state index contributed by atoms with van der Waals surface area (Å²) < 4.78 is 4.62. The van der Waals surface area contributed by atoms with Crippen molar-refractivity contribution in [3.8, 4) is 0 Å². The Morgan fingerprint density at radius 2 is 1.43 bits per heavy atom. The molecule has 4 bridgehead atoms. The summed E-state index contributed by atoms with van der Waals surface area (Å²) in [6, 6.07) is 0. The lowest BCUT2D eigenvalue weighted by Crippen LogP contribution is -2.63. The van der Waals surface area contributed by atoms with E-state index in [0.29, 0.717) is 10.8 Å². The van der Waals surface area contributed by atoms with Crippen molar-refractivity contribution in [2.24, 2.45) is 34.5 Å². The first-order valence-electron chi connectivity index (χ1n) is 9.48. The fourth-order valence-corrected chi connectivity index (χ4v) is 15.3. The molecule has 5 saturated carbocycles. The molecule has 5 fully saturated rings. The lowest BCUT2D eigenvalue weighted by Gasteiger charge is -2.65. The first-order valence-corrected chi connectivity index (χ1v) is 15.0. The van der Waals surface area contributed by atoms with Gasteiger partial charge in [-0.3, -0.25) is 0 Å². The standard InChI is InChI=1S/C19H28I4/c20-10-18(9-12-4-6-13(18)7-5-12)16(22)17(23)19(11-21)14-2-1-3-15(19)8-14/h12-17H,1-11H2. The quantitative estimate of drug-likeness (QED) is 0.202. The highest BCUT2D eigenvalue weighted by Gasteiger charge is 2.63. The van der Waals surface area contributed by atoms with Crippen molar-refractivity contribution in [1.29, 1.82) is 0 Å². The van der Waals surface area contributed by atoms with Gasteiger partial charge in [0.05, 0.1) is 0 Å². The van der Waals surface area contributed by atoms with Crippen molar-refractivity contribution >= 4 is 90.4 Å². The second-order valence-corrected chi connectivity index (χ2v) is 13.1. The third kappa shape index (κ3) is 2.84. The minimum Gasteiger partial charge on any atom is -0.0857 e. The van der Waals surface area contributed by atoms with E-state index in [9.17, 15) is 0 Å². The van der Waals surface area contributed by atoms with Crippen molar-refractivity contribution in [2.45, 2.75) is 65.6 Å². The van der Waals surface area contributed by atoms with Crippen molar-refractivity contribution in [1.82, 2.24) is 0 Å². The third-order valence-electron chi connectivity index (χ3n) is 8.32. The van der Waals surface area contributed by atoms with E-state index >= 15 is 0 Å². The fourth-order valence-electron chi connectivity index (χ4n) is 6.87. The summed E-state index contributed by atoms with van der Waals surface area (Å²) in [4.78, 5) is 0. The van der Waals surface area contributed by atoms with Gasteiger partial charge in [-0.25, -0.2) is 0 Å². The van der Waals surface area contributed by atoms with Gasteiger partial charge in [0.2, 0.25) is 0 Å². The Hall–Kier alpha value is 2.92. The average Bonchev–Trinajstić information content (AvgIpc) is 2.63. The molecular weight excluding hydrogens is 736 g/mol. The van der Waals surface area contributed by atoms with E-state index in [-0.39, 0.29) is 0 Å². The van der Waals surface area contributed by atoms with E-state index in [4.69, 9.17) is 0 Å². The minimum atomic E-state index is 0.664. The van der Waals surface area contributed by atoms with Crippen molar-refractivity contribution in [3.63, 3.8) is 0 Å². The number of fused-ring (bicyclic) bond motifs is 5. The lowest BCUT2D eigenvalue weighted by molar-refractivity contribution is -0.0823. The summed E-state index contributed by atoms with van der Waals surface area (Å²) in [5.41, 5.74) is 1.36. The Balaban J connectivity index is 1.61. The number of hydrogen-bond acceptors (Lipinski definition) is 0. The molecule has 0 saturated heterocycles. The second kappa shape index (κ2) is 7.39. The van der Waals surface area contributed by atoms with Crippen LogP contribution in [0.15, 0.2) is 0 Å². The van der Waals surface area contributed by atoms with Crippen molar-refractivity contribution < 1.29 is 0 Å². The number of rotatable bonds is 5. The van der Waals surface area contributed by atoms with Gasteiger partial charge in [0, 0.05) is 16.7 Å². The van der Waals surface area contributed by atoms with Crippen LogP contribution in [-0.4, -0.2) is 16.7 Å². The molecule has 23 heavy (non-hydrogen) atoms. The maximum Gasteiger partial charge on any atom is 0.0302 e. The summed E-state index contributed by atoms with van der Waals surface area (Å²) in [7, 11) is 0. The van der Waals surface area contributed by atoms with Gasteiger partial charge in [0.25, 0.3) is 0 Å². The normalized spacial score (nSPS) is 51.1. The van der Waals surface area contributed by atoms with Crippen LogP contribution in [0.2, 0.25) is 0 Å². The number of hydrogen-bond donors (Lipinski definition) is 0. The molecule has 132 valence electrons. The van der Waals surface area contributed by atoms with Gasteiger partial charge in [-0.1, -0.05) is 110 Å². The largest absolute Gasteiger partial charge is 0.0857 e. The summed E-state index contributed by atoms with van der Waals surface area (Å²) in [6.45, 7) is 0. The third-order valence-corrected chi connectivity index (χ3v) is 16.3. The highest BCUT2D eigenvalue weighted by atomic mass is 127. The molecule has 4 heteroatoms. The molecule has 5 aliphatic carbocycles. The molecule has 0 radical (unpaired) electrons. The Morgan fingerprint density at radius 1 is 0.783 bits per heavy atom. The van der Waals surface area contributed by atoms with Gasteiger partial charge in [-0.05, 0) is 73.0 Å². The smallest absolute Gasteiger partial charge is 0.0302 e. The highest BCUT2D eigenvalue weighted by molar-refractivity contribution is 14.1. The predicted octanol–water partition coefficient (Wildman–Crippen LogP) is 7.47. The summed E-state index contributed by atoms with van der Waals surface area (Å²) in [5, 5.41) is 0. The van der Waals surface area contributed by atoms with E-state index in [1.807, 2.05) is 0 Å². The first kappa shape index (κ1) is 19.2. The number of halogens is 4. The predicted molar refractivity (Wildman–Crippen MR) is 134 cm³/mol. The molecule has 0 aromatic carbocycles. The molecule has 0 spiro atoms. The molecule has 5 unspecified atom stereocenters. The molecule has 0 N–H and O–H groups in total.